The summed E-state index contributed by atoms with van der Waals surface area (Å²) >= 11 is 1.44. The molecule has 0 aliphatic rings. The topological polar surface area (TPSA) is 55.1 Å². The van der Waals surface area contributed by atoms with E-state index in [9.17, 15) is 13.2 Å². The van der Waals surface area contributed by atoms with Crippen molar-refractivity contribution in [1.82, 2.24) is 19.4 Å². The number of hydrogen-bond acceptors (Lipinski definition) is 5. The van der Waals surface area contributed by atoms with Crippen LogP contribution in [0.4, 0.5) is 24.1 Å². The van der Waals surface area contributed by atoms with Crippen LogP contribution in [0, 0.1) is 6.92 Å². The lowest BCUT2D eigenvalue weighted by Gasteiger charge is -2.09. The van der Waals surface area contributed by atoms with Crippen molar-refractivity contribution in [2.24, 2.45) is 0 Å². The first kappa shape index (κ1) is 16.5. The summed E-state index contributed by atoms with van der Waals surface area (Å²) in [6.45, 7) is 1.92. The lowest BCUT2D eigenvalue weighted by Crippen LogP contribution is -2.08. The van der Waals surface area contributed by atoms with Gasteiger partial charge in [0.05, 0.1) is 5.69 Å². The summed E-state index contributed by atoms with van der Waals surface area (Å²) in [6, 6.07) is 9.68. The smallest absolute Gasteiger partial charge is 0.316 e. The Morgan fingerprint density at radius 2 is 1.92 bits per heavy atom. The number of pyridine rings is 2. The van der Waals surface area contributed by atoms with Gasteiger partial charge < -0.3 is 5.32 Å². The lowest BCUT2D eigenvalue weighted by atomic mass is 10.2. The van der Waals surface area contributed by atoms with E-state index in [0.717, 1.165) is 4.88 Å². The summed E-state index contributed by atoms with van der Waals surface area (Å²) in [5.41, 5.74) is -0.662. The molecule has 0 saturated heterocycles. The lowest BCUT2D eigenvalue weighted by molar-refractivity contribution is -0.140. The molecule has 26 heavy (non-hydrogen) atoms. The fraction of sp³-hybridized carbons (Fsp3) is 0.118. The second-order valence-electron chi connectivity index (χ2n) is 5.54. The molecule has 0 unspecified atom stereocenters. The van der Waals surface area contributed by atoms with Gasteiger partial charge in [-0.1, -0.05) is 12.1 Å². The van der Waals surface area contributed by atoms with Crippen LogP contribution in [-0.4, -0.2) is 19.4 Å². The van der Waals surface area contributed by atoms with Gasteiger partial charge in [-0.05, 0) is 31.2 Å². The molecule has 132 valence electrons. The van der Waals surface area contributed by atoms with E-state index in [1.54, 1.807) is 36.7 Å². The molecule has 5 nitrogen and oxygen atoms in total. The van der Waals surface area contributed by atoms with Crippen LogP contribution in [0.25, 0.3) is 17.0 Å². The summed E-state index contributed by atoms with van der Waals surface area (Å²) in [6.07, 6.45) is -1.33. The molecule has 0 radical (unpaired) electrons. The Kier molecular flexibility index (Phi) is 3.87. The molecule has 1 N–H and O–H groups in total. The van der Waals surface area contributed by atoms with Gasteiger partial charge in [0, 0.05) is 17.3 Å². The van der Waals surface area contributed by atoms with E-state index in [1.807, 2.05) is 6.92 Å². The number of halogens is 3. The van der Waals surface area contributed by atoms with Crippen molar-refractivity contribution >= 4 is 27.9 Å². The van der Waals surface area contributed by atoms with Gasteiger partial charge in [-0.3, -0.25) is 4.40 Å². The van der Waals surface area contributed by atoms with Gasteiger partial charge in [-0.2, -0.15) is 13.2 Å². The first-order chi connectivity index (χ1) is 12.4. The largest absolute Gasteiger partial charge is 0.435 e. The molecule has 0 bridgehead atoms. The van der Waals surface area contributed by atoms with Crippen molar-refractivity contribution in [1.29, 1.82) is 0 Å². The number of alkyl halides is 3. The van der Waals surface area contributed by atoms with Crippen molar-refractivity contribution < 1.29 is 13.2 Å². The fourth-order valence-electron chi connectivity index (χ4n) is 2.60. The number of thiazole rings is 1. The molecule has 0 saturated carbocycles. The molecular formula is C17H12F3N5S. The van der Waals surface area contributed by atoms with E-state index < -0.39 is 11.9 Å². The molecule has 0 aromatic carbocycles. The number of hydrogen-bond donors (Lipinski definition) is 1. The highest BCUT2D eigenvalue weighted by atomic mass is 32.1. The zero-order valence-corrected chi connectivity index (χ0v) is 14.3. The van der Waals surface area contributed by atoms with E-state index in [4.69, 9.17) is 0 Å². The number of aryl methyl sites for hydroxylation is 1. The molecule has 4 aromatic heterocycles. The zero-order valence-electron chi connectivity index (χ0n) is 13.4. The number of fused-ring (bicyclic) bond motifs is 1. The molecule has 0 fully saturated rings. The number of nitrogens with one attached hydrogen (secondary N) is 1. The predicted octanol–water partition coefficient (Wildman–Crippen LogP) is 4.92. The Morgan fingerprint density at radius 3 is 2.65 bits per heavy atom. The van der Waals surface area contributed by atoms with Crippen LogP contribution in [0.1, 0.15) is 10.6 Å². The third-order valence-electron chi connectivity index (χ3n) is 3.65. The molecule has 9 heteroatoms. The van der Waals surface area contributed by atoms with Crippen molar-refractivity contribution in [3.63, 3.8) is 0 Å². The maximum Gasteiger partial charge on any atom is 0.435 e. The minimum absolute atomic E-state index is 0.0907. The van der Waals surface area contributed by atoms with Gasteiger partial charge in [0.25, 0.3) is 0 Å². The zero-order chi connectivity index (χ0) is 18.3. The predicted molar refractivity (Wildman–Crippen MR) is 93.6 cm³/mol. The van der Waals surface area contributed by atoms with Crippen LogP contribution >= 0.6 is 11.3 Å². The number of aromatic nitrogens is 4. The molecule has 0 spiro atoms. The first-order valence-electron chi connectivity index (χ1n) is 7.63. The quantitative estimate of drug-likeness (QED) is 0.552. The van der Waals surface area contributed by atoms with Gasteiger partial charge in [-0.25, -0.2) is 15.0 Å². The van der Waals surface area contributed by atoms with Crippen LogP contribution in [-0.2, 0) is 6.18 Å². The second kappa shape index (κ2) is 6.10. The van der Waals surface area contributed by atoms with Gasteiger partial charge in [0.2, 0.25) is 0 Å². The summed E-state index contributed by atoms with van der Waals surface area (Å²) < 4.78 is 41.9. The highest BCUT2D eigenvalue weighted by Gasteiger charge is 2.38. The van der Waals surface area contributed by atoms with Crippen molar-refractivity contribution in [2.75, 3.05) is 5.32 Å². The van der Waals surface area contributed by atoms with E-state index in [2.05, 4.69) is 20.3 Å². The highest BCUT2D eigenvalue weighted by molar-refractivity contribution is 7.15. The average molecular weight is 375 g/mol. The van der Waals surface area contributed by atoms with E-state index in [0.29, 0.717) is 10.9 Å². The van der Waals surface area contributed by atoms with Crippen LogP contribution in [0.3, 0.4) is 0 Å². The van der Waals surface area contributed by atoms with Crippen LogP contribution < -0.4 is 5.32 Å². The Hall–Kier alpha value is -2.94. The van der Waals surface area contributed by atoms with Crippen LogP contribution in [0.15, 0.2) is 48.8 Å². The second-order valence-corrected chi connectivity index (χ2v) is 6.78. The van der Waals surface area contributed by atoms with E-state index in [-0.39, 0.29) is 17.0 Å². The Labute approximate surface area is 150 Å². The standard InChI is InChI=1S/C17H12F3N5S/c1-10-9-21-16(26-10)23-12-6-4-5-11(22-12)14-15(17(18,19)20)24-13-7-2-3-8-25(13)14/h2-9H,1H3,(H,21,22,23). The molecule has 0 aliphatic heterocycles. The summed E-state index contributed by atoms with van der Waals surface area (Å²) in [7, 11) is 0. The molecule has 0 aliphatic carbocycles. The van der Waals surface area contributed by atoms with E-state index in [1.165, 1.54) is 27.9 Å². The van der Waals surface area contributed by atoms with Crippen LogP contribution in [0.2, 0.25) is 0 Å². The Bertz CT molecular complexity index is 1080. The highest BCUT2D eigenvalue weighted by Crippen LogP contribution is 2.37. The van der Waals surface area contributed by atoms with Gasteiger partial charge >= 0.3 is 6.18 Å². The number of anilines is 2. The van der Waals surface area contributed by atoms with Gasteiger partial charge in [0.15, 0.2) is 10.8 Å². The van der Waals surface area contributed by atoms with Crippen molar-refractivity contribution in [2.45, 2.75) is 13.1 Å². The molecule has 4 heterocycles. The third-order valence-corrected chi connectivity index (χ3v) is 4.47. The molecule has 0 atom stereocenters. The maximum atomic E-state index is 13.5. The minimum Gasteiger partial charge on any atom is -0.316 e. The fourth-order valence-corrected chi connectivity index (χ4v) is 3.27. The third kappa shape index (κ3) is 3.01. The average Bonchev–Trinajstić information content (AvgIpc) is 3.18. The van der Waals surface area contributed by atoms with Crippen LogP contribution in [0.5, 0.6) is 0 Å². The Balaban J connectivity index is 1.84. The number of nitrogens with zero attached hydrogens (tertiary/aromatic N) is 4. The molecule has 4 rings (SSSR count). The monoisotopic (exact) mass is 375 g/mol. The van der Waals surface area contributed by atoms with E-state index >= 15 is 0 Å². The minimum atomic E-state index is -4.58. The normalized spacial score (nSPS) is 11.8. The van der Waals surface area contributed by atoms with Crippen molar-refractivity contribution in [3.8, 4) is 11.4 Å². The number of rotatable bonds is 3. The maximum absolute atomic E-state index is 13.5. The summed E-state index contributed by atoms with van der Waals surface area (Å²) in [5.74, 6) is 0.413. The summed E-state index contributed by atoms with van der Waals surface area (Å²) in [5, 5.41) is 3.64. The van der Waals surface area contributed by atoms with Gasteiger partial charge in [0.1, 0.15) is 17.2 Å². The summed E-state index contributed by atoms with van der Waals surface area (Å²) in [4.78, 5) is 13.3. The molecule has 4 aromatic rings. The molecule has 0 amide bonds. The number of imidazole rings is 1. The SMILES string of the molecule is Cc1cnc(Nc2cccc(-c3c(C(F)(F)F)nc4ccccn34)n2)s1. The van der Waals surface area contributed by atoms with Crippen molar-refractivity contribution in [3.05, 3.63) is 59.4 Å². The van der Waals surface area contributed by atoms with Gasteiger partial charge in [-0.15, -0.1) is 11.3 Å². The molecular weight excluding hydrogens is 363 g/mol. The Morgan fingerprint density at radius 1 is 1.08 bits per heavy atom. The first-order valence-corrected chi connectivity index (χ1v) is 8.44.